The summed E-state index contributed by atoms with van der Waals surface area (Å²) in [5.41, 5.74) is 15.5. The number of amides is 4. The van der Waals surface area contributed by atoms with E-state index < -0.39 is 54.1 Å². The van der Waals surface area contributed by atoms with Gasteiger partial charge in [-0.15, -0.1) is 0 Å². The van der Waals surface area contributed by atoms with Gasteiger partial charge in [-0.1, -0.05) is 0 Å². The van der Waals surface area contributed by atoms with E-state index in [-0.39, 0.29) is 19.3 Å². The Kier molecular flexibility index (Phi) is 11.0. The highest BCUT2D eigenvalue weighted by atomic mass is 32.2. The van der Waals surface area contributed by atoms with E-state index in [0.29, 0.717) is 5.75 Å². The second-order valence-corrected chi connectivity index (χ2v) is 6.51. The molecule has 0 fully saturated rings. The van der Waals surface area contributed by atoms with Crippen LogP contribution in [-0.4, -0.2) is 64.8 Å². The summed E-state index contributed by atoms with van der Waals surface area (Å²) in [6.45, 7) is 0. The molecule has 0 aromatic rings. The number of hydrogen-bond acceptors (Lipinski definition) is 7. The Morgan fingerprint density at radius 3 is 2.00 bits per heavy atom. The van der Waals surface area contributed by atoms with Crippen LogP contribution < -0.4 is 27.8 Å². The van der Waals surface area contributed by atoms with E-state index >= 15 is 0 Å². The highest BCUT2D eigenvalue weighted by Gasteiger charge is 2.28. The summed E-state index contributed by atoms with van der Waals surface area (Å²) < 4.78 is 0. The lowest BCUT2D eigenvalue weighted by Gasteiger charge is -2.22. The highest BCUT2D eigenvalue weighted by molar-refractivity contribution is 7.98. The molecule has 0 aromatic heterocycles. The van der Waals surface area contributed by atoms with Gasteiger partial charge in [0.2, 0.25) is 23.6 Å². The first-order valence-electron chi connectivity index (χ1n) is 7.73. The van der Waals surface area contributed by atoms with Gasteiger partial charge in [-0.3, -0.25) is 19.2 Å². The molecule has 0 aliphatic heterocycles. The number of thioether (sulfide) groups is 1. The lowest BCUT2D eigenvalue weighted by Crippen LogP contribution is -2.55. The summed E-state index contributed by atoms with van der Waals surface area (Å²) >= 11 is 1.41. The minimum Gasteiger partial charge on any atom is -0.480 e. The van der Waals surface area contributed by atoms with Crippen LogP contribution in [0.2, 0.25) is 0 Å². The number of primary amides is 2. The van der Waals surface area contributed by atoms with Gasteiger partial charge in [0.1, 0.15) is 12.1 Å². The van der Waals surface area contributed by atoms with E-state index in [1.54, 1.807) is 6.26 Å². The fourth-order valence-electron chi connectivity index (χ4n) is 1.91. The number of carboxylic acid groups (broad SMARTS) is 1. The monoisotopic (exact) mass is 391 g/mol. The van der Waals surface area contributed by atoms with Crippen LogP contribution in [-0.2, 0) is 24.0 Å². The minimum absolute atomic E-state index is 0.148. The molecule has 0 rings (SSSR count). The Balaban J connectivity index is 5.05. The van der Waals surface area contributed by atoms with Crippen molar-refractivity contribution in [3.05, 3.63) is 0 Å². The molecule has 0 aliphatic rings. The smallest absolute Gasteiger partial charge is 0.326 e. The molecular weight excluding hydrogens is 366 g/mol. The number of rotatable bonds is 13. The van der Waals surface area contributed by atoms with Gasteiger partial charge in [0.25, 0.3) is 0 Å². The van der Waals surface area contributed by atoms with Gasteiger partial charge in [-0.25, -0.2) is 4.79 Å². The lowest BCUT2D eigenvalue weighted by molar-refractivity contribution is -0.142. The van der Waals surface area contributed by atoms with Crippen LogP contribution in [0, 0.1) is 0 Å². The maximum Gasteiger partial charge on any atom is 0.326 e. The largest absolute Gasteiger partial charge is 0.480 e. The van der Waals surface area contributed by atoms with Crippen molar-refractivity contribution in [2.75, 3.05) is 12.0 Å². The molecule has 0 aromatic carbocycles. The number of hydrogen-bond donors (Lipinski definition) is 6. The molecule has 0 saturated heterocycles. The number of carboxylic acids is 1. The van der Waals surface area contributed by atoms with Crippen LogP contribution in [0.1, 0.15) is 25.7 Å². The summed E-state index contributed by atoms with van der Waals surface area (Å²) in [5, 5.41) is 13.8. The highest BCUT2D eigenvalue weighted by Crippen LogP contribution is 2.04. The standard InChI is InChI=1S/C14H25N5O6S/c1-26-5-4-9(14(24)25)19-13(23)8(2-3-10(16)20)18-12(22)7(15)6-11(17)21/h7-9H,2-6,15H2,1H3,(H2,16,20)(H2,17,21)(H,18,22)(H,19,23)(H,24,25)/t7-,8-,9-/m0/s1. The van der Waals surface area contributed by atoms with Gasteiger partial charge in [0, 0.05) is 6.42 Å². The summed E-state index contributed by atoms with van der Waals surface area (Å²) in [4.78, 5) is 57.3. The maximum atomic E-state index is 12.3. The molecule has 0 unspecified atom stereocenters. The number of carbonyl (C=O) groups excluding carboxylic acids is 4. The van der Waals surface area contributed by atoms with Crippen LogP contribution in [0.15, 0.2) is 0 Å². The average Bonchev–Trinajstić information content (AvgIpc) is 2.53. The number of nitrogens with one attached hydrogen (secondary N) is 2. The zero-order chi connectivity index (χ0) is 20.3. The van der Waals surface area contributed by atoms with Crippen molar-refractivity contribution < 1.29 is 29.1 Å². The number of nitrogens with two attached hydrogens (primary N) is 3. The molecule has 3 atom stereocenters. The van der Waals surface area contributed by atoms with Crippen molar-refractivity contribution >= 4 is 41.4 Å². The minimum atomic E-state index is -1.27. The Bertz CT molecular complexity index is 544. The average molecular weight is 391 g/mol. The molecule has 0 saturated carbocycles. The van der Waals surface area contributed by atoms with Crippen molar-refractivity contribution in [2.24, 2.45) is 17.2 Å². The van der Waals surface area contributed by atoms with E-state index in [4.69, 9.17) is 22.3 Å². The van der Waals surface area contributed by atoms with Crippen molar-refractivity contribution in [1.29, 1.82) is 0 Å². The molecule has 0 aliphatic carbocycles. The van der Waals surface area contributed by atoms with Gasteiger partial charge in [0.15, 0.2) is 0 Å². The first-order valence-corrected chi connectivity index (χ1v) is 9.12. The van der Waals surface area contributed by atoms with Gasteiger partial charge >= 0.3 is 5.97 Å². The van der Waals surface area contributed by atoms with Gasteiger partial charge < -0.3 is 32.9 Å². The molecule has 4 amide bonds. The van der Waals surface area contributed by atoms with Crippen molar-refractivity contribution in [3.8, 4) is 0 Å². The fraction of sp³-hybridized carbons (Fsp3) is 0.643. The Labute approximate surface area is 154 Å². The second-order valence-electron chi connectivity index (χ2n) is 5.52. The summed E-state index contributed by atoms with van der Waals surface area (Å²) in [6.07, 6.45) is 1.18. The van der Waals surface area contributed by atoms with Crippen LogP contribution in [0.3, 0.4) is 0 Å². The molecule has 26 heavy (non-hydrogen) atoms. The van der Waals surface area contributed by atoms with E-state index in [0.717, 1.165) is 0 Å². The Morgan fingerprint density at radius 2 is 1.54 bits per heavy atom. The fourth-order valence-corrected chi connectivity index (χ4v) is 2.38. The molecule has 11 nitrogen and oxygen atoms in total. The predicted octanol–water partition coefficient (Wildman–Crippen LogP) is -2.74. The van der Waals surface area contributed by atoms with Gasteiger partial charge in [0.05, 0.1) is 12.5 Å². The Hall–Kier alpha value is -2.34. The van der Waals surface area contributed by atoms with E-state index in [1.807, 2.05) is 0 Å². The predicted molar refractivity (Wildman–Crippen MR) is 94.7 cm³/mol. The first kappa shape index (κ1) is 23.7. The van der Waals surface area contributed by atoms with E-state index in [2.05, 4.69) is 10.6 Å². The van der Waals surface area contributed by atoms with Crippen LogP contribution in [0.5, 0.6) is 0 Å². The van der Waals surface area contributed by atoms with Crippen molar-refractivity contribution in [1.82, 2.24) is 10.6 Å². The SMILES string of the molecule is CSCC[C@H](NC(=O)[C@H](CCC(N)=O)NC(=O)[C@@H](N)CC(N)=O)C(=O)O. The quantitative estimate of drug-likeness (QED) is 0.193. The van der Waals surface area contributed by atoms with Gasteiger partial charge in [-0.05, 0) is 24.9 Å². The number of carbonyl (C=O) groups is 5. The van der Waals surface area contributed by atoms with Gasteiger partial charge in [-0.2, -0.15) is 11.8 Å². The van der Waals surface area contributed by atoms with Crippen LogP contribution in [0.4, 0.5) is 0 Å². The van der Waals surface area contributed by atoms with E-state index in [9.17, 15) is 24.0 Å². The first-order chi connectivity index (χ1) is 12.1. The zero-order valence-electron chi connectivity index (χ0n) is 14.4. The second kappa shape index (κ2) is 12.1. The van der Waals surface area contributed by atoms with E-state index in [1.165, 1.54) is 11.8 Å². The van der Waals surface area contributed by atoms with Crippen LogP contribution >= 0.6 is 11.8 Å². The third-order valence-corrected chi connectivity index (χ3v) is 3.94. The van der Waals surface area contributed by atoms with Crippen LogP contribution in [0.25, 0.3) is 0 Å². The third-order valence-electron chi connectivity index (χ3n) is 3.30. The van der Waals surface area contributed by atoms with Crippen molar-refractivity contribution in [2.45, 2.75) is 43.8 Å². The molecular formula is C14H25N5O6S. The molecule has 0 radical (unpaired) electrons. The normalized spacial score (nSPS) is 13.9. The zero-order valence-corrected chi connectivity index (χ0v) is 15.2. The summed E-state index contributed by atoms with van der Waals surface area (Å²) in [6, 6.07) is -3.66. The lowest BCUT2D eigenvalue weighted by atomic mass is 10.1. The maximum absolute atomic E-state index is 12.3. The molecule has 0 spiro atoms. The summed E-state index contributed by atoms with van der Waals surface area (Å²) in [7, 11) is 0. The Morgan fingerprint density at radius 1 is 0.962 bits per heavy atom. The molecule has 0 heterocycles. The molecule has 148 valence electrons. The van der Waals surface area contributed by atoms with Crippen molar-refractivity contribution in [3.63, 3.8) is 0 Å². The topological polar surface area (TPSA) is 208 Å². The summed E-state index contributed by atoms with van der Waals surface area (Å²) in [5.74, 6) is -3.84. The molecule has 9 N–H and O–H groups in total. The molecule has 12 heteroatoms. The third kappa shape index (κ3) is 9.84. The molecule has 0 bridgehead atoms. The number of aliphatic carboxylic acids is 1.